The molecule has 1 N–H and O–H groups in total. The molecule has 10 heteroatoms. The van der Waals surface area contributed by atoms with Crippen molar-refractivity contribution in [2.75, 3.05) is 7.11 Å². The van der Waals surface area contributed by atoms with Crippen molar-refractivity contribution in [1.82, 2.24) is 34.3 Å². The predicted octanol–water partition coefficient (Wildman–Crippen LogP) is 4.33. The molecule has 2 aromatic carbocycles. The van der Waals surface area contributed by atoms with E-state index in [1.54, 1.807) is 34.7 Å². The van der Waals surface area contributed by atoms with Gasteiger partial charge < -0.3 is 9.72 Å². The van der Waals surface area contributed by atoms with Crippen LogP contribution in [0.2, 0.25) is 5.02 Å². The van der Waals surface area contributed by atoms with E-state index in [-0.39, 0.29) is 17.7 Å². The van der Waals surface area contributed by atoms with Crippen LogP contribution in [-0.4, -0.2) is 41.5 Å². The number of methoxy groups -OCH3 is 1. The summed E-state index contributed by atoms with van der Waals surface area (Å²) in [5.74, 6) is 0. The van der Waals surface area contributed by atoms with Crippen LogP contribution < -0.4 is 5.56 Å². The molecule has 6 rings (SSSR count). The summed E-state index contributed by atoms with van der Waals surface area (Å²) in [5.41, 5.74) is 6.47. The van der Waals surface area contributed by atoms with Crippen LogP contribution in [-0.2, 0) is 24.3 Å². The molecule has 0 fully saturated rings. The summed E-state index contributed by atoms with van der Waals surface area (Å²) in [5, 5.41) is 15.1. The molecule has 0 aliphatic rings. The number of benzene rings is 2. The Morgan fingerprint density at radius 3 is 2.72 bits per heavy atom. The van der Waals surface area contributed by atoms with Crippen LogP contribution in [0, 0.1) is 6.92 Å². The standard InChI is InChI=1S/C26H22ClN7O2/c1-15-3-8-20-19(11-15)17(12-28-20)9-10-33-14-29-25-23(26(33)35)30-31-24-22(16-4-6-18(27)7-5-16)21(13-36-2)32-34(24)25/h3-8,11-12,14,28H,9-10,13H2,1-2H3. The highest BCUT2D eigenvalue weighted by Gasteiger charge is 2.20. The number of nitrogens with one attached hydrogen (secondary N) is 1. The molecule has 0 saturated carbocycles. The number of hydrogen-bond donors (Lipinski definition) is 1. The summed E-state index contributed by atoms with van der Waals surface area (Å²) < 4.78 is 8.50. The van der Waals surface area contributed by atoms with Gasteiger partial charge in [0, 0.05) is 35.8 Å². The largest absolute Gasteiger partial charge is 0.378 e. The van der Waals surface area contributed by atoms with Gasteiger partial charge in [0.1, 0.15) is 6.33 Å². The quantitative estimate of drug-likeness (QED) is 0.366. The fourth-order valence-electron chi connectivity index (χ4n) is 4.55. The Bertz CT molecular complexity index is 1800. The van der Waals surface area contributed by atoms with Crippen molar-refractivity contribution in [3.63, 3.8) is 0 Å². The van der Waals surface area contributed by atoms with Crippen LogP contribution in [0.5, 0.6) is 0 Å². The van der Waals surface area contributed by atoms with Gasteiger partial charge in [0.05, 0.1) is 17.9 Å². The van der Waals surface area contributed by atoms with Crippen LogP contribution in [0.15, 0.2) is 59.8 Å². The molecule has 0 radical (unpaired) electrons. The van der Waals surface area contributed by atoms with E-state index in [9.17, 15) is 4.79 Å². The van der Waals surface area contributed by atoms with Crippen molar-refractivity contribution in [3.8, 4) is 11.1 Å². The zero-order valence-corrected chi connectivity index (χ0v) is 20.5. The predicted molar refractivity (Wildman–Crippen MR) is 138 cm³/mol. The minimum absolute atomic E-state index is 0.161. The summed E-state index contributed by atoms with van der Waals surface area (Å²) in [4.78, 5) is 21.2. The molecule has 0 spiro atoms. The normalized spacial score (nSPS) is 11.8. The lowest BCUT2D eigenvalue weighted by Gasteiger charge is -2.07. The average Bonchev–Trinajstić information content (AvgIpc) is 3.45. The first-order valence-corrected chi connectivity index (χ1v) is 11.9. The SMILES string of the molecule is COCc1nn2c(nnc3c(=O)n(CCc4c[nH]c5ccc(C)cc45)cnc32)c1-c1ccc(Cl)cc1. The lowest BCUT2D eigenvalue weighted by Crippen LogP contribution is -2.23. The molecule has 0 amide bonds. The first-order valence-electron chi connectivity index (χ1n) is 11.5. The molecular formula is C26H22ClN7O2. The molecule has 0 bridgehead atoms. The molecule has 4 aromatic heterocycles. The Kier molecular flexibility index (Phi) is 5.50. The van der Waals surface area contributed by atoms with E-state index in [1.165, 1.54) is 5.56 Å². The Morgan fingerprint density at radius 1 is 1.08 bits per heavy atom. The molecule has 0 atom stereocenters. The van der Waals surface area contributed by atoms with E-state index in [4.69, 9.17) is 16.3 Å². The summed E-state index contributed by atoms with van der Waals surface area (Å²) in [7, 11) is 1.60. The zero-order chi connectivity index (χ0) is 24.8. The number of fused-ring (bicyclic) bond motifs is 4. The fraction of sp³-hybridized carbons (Fsp3) is 0.192. The molecule has 6 aromatic rings. The minimum atomic E-state index is -0.262. The van der Waals surface area contributed by atoms with Crippen LogP contribution in [0.4, 0.5) is 0 Å². The number of aryl methyl sites for hydroxylation is 3. The molecule has 36 heavy (non-hydrogen) atoms. The number of aromatic nitrogens is 7. The maximum atomic E-state index is 13.3. The second-order valence-corrected chi connectivity index (χ2v) is 9.16. The number of aromatic amines is 1. The number of rotatable bonds is 6. The van der Waals surface area contributed by atoms with Gasteiger partial charge in [-0.05, 0) is 48.7 Å². The zero-order valence-electron chi connectivity index (χ0n) is 19.7. The topological polar surface area (TPSA) is 103 Å². The van der Waals surface area contributed by atoms with E-state index in [0.717, 1.165) is 27.6 Å². The average molecular weight is 500 g/mol. The van der Waals surface area contributed by atoms with Gasteiger partial charge >= 0.3 is 0 Å². The molecule has 9 nitrogen and oxygen atoms in total. The number of ether oxygens (including phenoxy) is 1. The van der Waals surface area contributed by atoms with Gasteiger partial charge in [0.15, 0.2) is 16.8 Å². The Balaban J connectivity index is 1.41. The van der Waals surface area contributed by atoms with Gasteiger partial charge in [0.25, 0.3) is 5.56 Å². The second kappa shape index (κ2) is 8.85. The smallest absolute Gasteiger partial charge is 0.283 e. The van der Waals surface area contributed by atoms with E-state index in [0.29, 0.717) is 35.0 Å². The molecule has 0 saturated heterocycles. The lowest BCUT2D eigenvalue weighted by molar-refractivity contribution is 0.181. The van der Waals surface area contributed by atoms with Crippen molar-refractivity contribution in [1.29, 1.82) is 0 Å². The van der Waals surface area contributed by atoms with E-state index in [1.807, 2.05) is 18.3 Å². The van der Waals surface area contributed by atoms with Crippen LogP contribution in [0.3, 0.4) is 0 Å². The van der Waals surface area contributed by atoms with Gasteiger partial charge in [-0.25, -0.2) is 4.98 Å². The molecular weight excluding hydrogens is 478 g/mol. The Morgan fingerprint density at radius 2 is 1.92 bits per heavy atom. The Hall–Kier alpha value is -4.08. The molecule has 0 unspecified atom stereocenters. The van der Waals surface area contributed by atoms with Crippen molar-refractivity contribution in [2.24, 2.45) is 0 Å². The maximum Gasteiger partial charge on any atom is 0.283 e. The summed E-state index contributed by atoms with van der Waals surface area (Å²) in [6.45, 7) is 2.80. The Labute approximate surface area is 210 Å². The van der Waals surface area contributed by atoms with Gasteiger partial charge in [0.2, 0.25) is 0 Å². The number of nitrogens with zero attached hydrogens (tertiary/aromatic N) is 6. The van der Waals surface area contributed by atoms with Gasteiger partial charge in [-0.2, -0.15) is 9.61 Å². The highest BCUT2D eigenvalue weighted by Crippen LogP contribution is 2.29. The van der Waals surface area contributed by atoms with Crippen molar-refractivity contribution >= 4 is 39.3 Å². The van der Waals surface area contributed by atoms with Crippen LogP contribution in [0.1, 0.15) is 16.8 Å². The summed E-state index contributed by atoms with van der Waals surface area (Å²) in [6.07, 6.45) is 4.21. The van der Waals surface area contributed by atoms with Crippen LogP contribution >= 0.6 is 11.6 Å². The van der Waals surface area contributed by atoms with Crippen molar-refractivity contribution in [2.45, 2.75) is 26.5 Å². The highest BCUT2D eigenvalue weighted by molar-refractivity contribution is 6.30. The van der Waals surface area contributed by atoms with Gasteiger partial charge in [-0.15, -0.1) is 10.2 Å². The van der Waals surface area contributed by atoms with Gasteiger partial charge in [-0.3, -0.25) is 9.36 Å². The highest BCUT2D eigenvalue weighted by atomic mass is 35.5. The molecule has 180 valence electrons. The molecule has 0 aliphatic carbocycles. The third-order valence-electron chi connectivity index (χ3n) is 6.33. The summed E-state index contributed by atoms with van der Waals surface area (Å²) >= 11 is 6.07. The van der Waals surface area contributed by atoms with Crippen molar-refractivity contribution in [3.05, 3.63) is 87.2 Å². The lowest BCUT2D eigenvalue weighted by atomic mass is 10.1. The first kappa shape index (κ1) is 22.4. The van der Waals surface area contributed by atoms with E-state index in [2.05, 4.69) is 50.4 Å². The molecule has 4 heterocycles. The first-order chi connectivity index (χ1) is 17.5. The summed E-state index contributed by atoms with van der Waals surface area (Å²) in [6, 6.07) is 13.7. The van der Waals surface area contributed by atoms with Crippen molar-refractivity contribution < 1.29 is 4.74 Å². The van der Waals surface area contributed by atoms with E-state index >= 15 is 0 Å². The monoisotopic (exact) mass is 499 g/mol. The number of H-pyrrole nitrogens is 1. The maximum absolute atomic E-state index is 13.3. The number of hydrogen-bond acceptors (Lipinski definition) is 6. The third kappa shape index (κ3) is 3.73. The third-order valence-corrected chi connectivity index (χ3v) is 6.58. The van der Waals surface area contributed by atoms with E-state index < -0.39 is 0 Å². The second-order valence-electron chi connectivity index (χ2n) is 8.73. The fourth-order valence-corrected chi connectivity index (χ4v) is 4.68. The number of halogens is 1. The van der Waals surface area contributed by atoms with Gasteiger partial charge in [-0.1, -0.05) is 35.4 Å². The minimum Gasteiger partial charge on any atom is -0.378 e. The molecule has 0 aliphatic heterocycles. The van der Waals surface area contributed by atoms with Crippen LogP contribution in [0.25, 0.3) is 38.8 Å².